The summed E-state index contributed by atoms with van der Waals surface area (Å²) < 4.78 is 10.7. The number of hydrogen-bond acceptors (Lipinski definition) is 3. The van der Waals surface area contributed by atoms with Crippen molar-refractivity contribution in [3.8, 4) is 0 Å². The van der Waals surface area contributed by atoms with Crippen LogP contribution in [0.4, 0.5) is 0 Å². The van der Waals surface area contributed by atoms with Crippen molar-refractivity contribution in [1.82, 2.24) is 5.32 Å². The van der Waals surface area contributed by atoms with Crippen LogP contribution in [0.1, 0.15) is 17.4 Å². The van der Waals surface area contributed by atoms with Crippen molar-refractivity contribution in [3.63, 3.8) is 0 Å². The molecular weight excluding hydrogens is 166 g/mol. The lowest BCUT2D eigenvalue weighted by Crippen LogP contribution is -2.20. The van der Waals surface area contributed by atoms with Gasteiger partial charge >= 0.3 is 0 Å². The minimum absolute atomic E-state index is 0.309. The Morgan fingerprint density at radius 3 is 2.77 bits per heavy atom. The van der Waals surface area contributed by atoms with Crippen LogP contribution in [-0.2, 0) is 4.74 Å². The van der Waals surface area contributed by atoms with Crippen LogP contribution >= 0.6 is 0 Å². The van der Waals surface area contributed by atoms with Gasteiger partial charge in [0.1, 0.15) is 11.5 Å². The Bertz CT molecular complexity index is 239. The lowest BCUT2D eigenvalue weighted by Gasteiger charge is -2.12. The average molecular weight is 183 g/mol. The number of furan rings is 1. The zero-order valence-electron chi connectivity index (χ0n) is 8.46. The lowest BCUT2D eigenvalue weighted by atomic mass is 10.1. The van der Waals surface area contributed by atoms with Crippen molar-refractivity contribution in [2.24, 2.45) is 0 Å². The Morgan fingerprint density at radius 2 is 2.31 bits per heavy atom. The molecule has 0 radical (unpaired) electrons. The fourth-order valence-corrected chi connectivity index (χ4v) is 1.36. The summed E-state index contributed by atoms with van der Waals surface area (Å²) in [4.78, 5) is 0. The lowest BCUT2D eigenvalue weighted by molar-refractivity contribution is 0.169. The van der Waals surface area contributed by atoms with Gasteiger partial charge in [0, 0.05) is 13.7 Å². The molecule has 1 aromatic rings. The van der Waals surface area contributed by atoms with Gasteiger partial charge in [-0.1, -0.05) is 0 Å². The fourth-order valence-electron chi connectivity index (χ4n) is 1.36. The summed E-state index contributed by atoms with van der Waals surface area (Å²) in [5.41, 5.74) is 0. The molecule has 0 saturated heterocycles. The number of rotatable bonds is 5. The van der Waals surface area contributed by atoms with Crippen LogP contribution < -0.4 is 5.32 Å². The van der Waals surface area contributed by atoms with Gasteiger partial charge in [0.25, 0.3) is 0 Å². The number of hydrogen-bond donors (Lipinski definition) is 1. The maximum Gasteiger partial charge on any atom is 0.110 e. The number of aryl methyl sites for hydroxylation is 1. The first-order valence-corrected chi connectivity index (χ1v) is 4.47. The molecule has 0 aliphatic heterocycles. The standard InChI is InChI=1S/C10H17NO2/c1-8-4-5-10(13-8)9(6-11-2)7-12-3/h4-5,9,11H,6-7H2,1-3H3. The van der Waals surface area contributed by atoms with Gasteiger partial charge in [-0.15, -0.1) is 0 Å². The molecule has 0 aromatic carbocycles. The predicted molar refractivity (Wildman–Crippen MR) is 52.0 cm³/mol. The van der Waals surface area contributed by atoms with E-state index >= 15 is 0 Å². The highest BCUT2D eigenvalue weighted by Crippen LogP contribution is 2.17. The highest BCUT2D eigenvalue weighted by Gasteiger charge is 2.13. The van der Waals surface area contributed by atoms with Gasteiger partial charge in [-0.2, -0.15) is 0 Å². The smallest absolute Gasteiger partial charge is 0.110 e. The van der Waals surface area contributed by atoms with E-state index in [1.165, 1.54) is 0 Å². The topological polar surface area (TPSA) is 34.4 Å². The van der Waals surface area contributed by atoms with Gasteiger partial charge in [0.2, 0.25) is 0 Å². The molecule has 1 atom stereocenters. The van der Waals surface area contributed by atoms with Gasteiger partial charge in [-0.05, 0) is 26.1 Å². The van der Waals surface area contributed by atoms with E-state index in [0.717, 1.165) is 18.1 Å². The molecule has 13 heavy (non-hydrogen) atoms. The maximum atomic E-state index is 5.53. The molecule has 0 bridgehead atoms. The van der Waals surface area contributed by atoms with Gasteiger partial charge in [0.15, 0.2) is 0 Å². The normalized spacial score (nSPS) is 13.2. The number of likely N-dealkylation sites (N-methyl/N-ethyl adjacent to an activating group) is 1. The fraction of sp³-hybridized carbons (Fsp3) is 0.600. The number of methoxy groups -OCH3 is 1. The zero-order valence-corrected chi connectivity index (χ0v) is 8.46. The van der Waals surface area contributed by atoms with Gasteiger partial charge < -0.3 is 14.5 Å². The second-order valence-electron chi connectivity index (χ2n) is 3.16. The van der Waals surface area contributed by atoms with Crippen LogP contribution in [-0.4, -0.2) is 27.3 Å². The minimum Gasteiger partial charge on any atom is -0.466 e. The Hall–Kier alpha value is -0.800. The molecule has 0 spiro atoms. The van der Waals surface area contributed by atoms with Crippen molar-refractivity contribution < 1.29 is 9.15 Å². The molecule has 1 heterocycles. The quantitative estimate of drug-likeness (QED) is 0.752. The van der Waals surface area contributed by atoms with Crippen molar-refractivity contribution >= 4 is 0 Å². The average Bonchev–Trinajstić information content (AvgIpc) is 2.51. The first-order chi connectivity index (χ1) is 6.27. The van der Waals surface area contributed by atoms with Crippen molar-refractivity contribution in [3.05, 3.63) is 23.7 Å². The van der Waals surface area contributed by atoms with Crippen LogP contribution in [0, 0.1) is 6.92 Å². The third-order valence-electron chi connectivity index (χ3n) is 1.98. The minimum atomic E-state index is 0.309. The zero-order chi connectivity index (χ0) is 9.68. The highest BCUT2D eigenvalue weighted by molar-refractivity contribution is 5.10. The second-order valence-corrected chi connectivity index (χ2v) is 3.16. The van der Waals surface area contributed by atoms with Crippen LogP contribution in [0.5, 0.6) is 0 Å². The van der Waals surface area contributed by atoms with E-state index in [-0.39, 0.29) is 0 Å². The molecule has 1 rings (SSSR count). The SMILES string of the molecule is CNCC(COC)c1ccc(C)o1. The molecular formula is C10H17NO2. The van der Waals surface area contributed by atoms with Crippen LogP contribution in [0.25, 0.3) is 0 Å². The van der Waals surface area contributed by atoms with Crippen LogP contribution in [0.15, 0.2) is 16.5 Å². The van der Waals surface area contributed by atoms with E-state index in [9.17, 15) is 0 Å². The van der Waals surface area contributed by atoms with Crippen LogP contribution in [0.3, 0.4) is 0 Å². The van der Waals surface area contributed by atoms with Crippen LogP contribution in [0.2, 0.25) is 0 Å². The molecule has 0 aliphatic carbocycles. The first-order valence-electron chi connectivity index (χ1n) is 4.47. The summed E-state index contributed by atoms with van der Waals surface area (Å²) >= 11 is 0. The monoisotopic (exact) mass is 183 g/mol. The molecule has 74 valence electrons. The molecule has 0 saturated carbocycles. The summed E-state index contributed by atoms with van der Waals surface area (Å²) in [7, 11) is 3.64. The summed E-state index contributed by atoms with van der Waals surface area (Å²) in [6.07, 6.45) is 0. The van der Waals surface area contributed by atoms with Crippen molar-refractivity contribution in [2.75, 3.05) is 27.3 Å². The Balaban J connectivity index is 2.63. The highest BCUT2D eigenvalue weighted by atomic mass is 16.5. The van der Waals surface area contributed by atoms with Gasteiger partial charge in [-0.25, -0.2) is 0 Å². The Labute approximate surface area is 79.1 Å². The molecule has 0 aliphatic rings. The second kappa shape index (κ2) is 5.04. The van der Waals surface area contributed by atoms with E-state index in [1.807, 2.05) is 26.1 Å². The molecule has 3 nitrogen and oxygen atoms in total. The largest absolute Gasteiger partial charge is 0.466 e. The maximum absolute atomic E-state index is 5.53. The van der Waals surface area contributed by atoms with E-state index < -0.39 is 0 Å². The molecule has 1 N–H and O–H groups in total. The van der Waals surface area contributed by atoms with E-state index in [2.05, 4.69) is 5.32 Å². The molecule has 0 fully saturated rings. The first kappa shape index (κ1) is 10.3. The third kappa shape index (κ3) is 2.86. The summed E-state index contributed by atoms with van der Waals surface area (Å²) in [5, 5.41) is 3.12. The van der Waals surface area contributed by atoms with Gasteiger partial charge in [0.05, 0.1) is 12.5 Å². The summed E-state index contributed by atoms with van der Waals surface area (Å²) in [6, 6.07) is 3.99. The summed E-state index contributed by atoms with van der Waals surface area (Å²) in [6.45, 7) is 3.52. The molecule has 3 heteroatoms. The predicted octanol–water partition coefficient (Wildman–Crippen LogP) is 1.54. The summed E-state index contributed by atoms with van der Waals surface area (Å²) in [5.74, 6) is 2.25. The van der Waals surface area contributed by atoms with Crippen molar-refractivity contribution in [1.29, 1.82) is 0 Å². The van der Waals surface area contributed by atoms with E-state index in [1.54, 1.807) is 7.11 Å². The molecule has 0 amide bonds. The Kier molecular flexibility index (Phi) is 3.99. The number of nitrogens with one attached hydrogen (secondary N) is 1. The molecule has 1 aromatic heterocycles. The van der Waals surface area contributed by atoms with E-state index in [0.29, 0.717) is 12.5 Å². The Morgan fingerprint density at radius 1 is 1.54 bits per heavy atom. The molecule has 1 unspecified atom stereocenters. The van der Waals surface area contributed by atoms with Crippen molar-refractivity contribution in [2.45, 2.75) is 12.8 Å². The number of ether oxygens (including phenoxy) is 1. The van der Waals surface area contributed by atoms with Gasteiger partial charge in [-0.3, -0.25) is 0 Å². The third-order valence-corrected chi connectivity index (χ3v) is 1.98. The van der Waals surface area contributed by atoms with E-state index in [4.69, 9.17) is 9.15 Å².